The van der Waals surface area contributed by atoms with E-state index in [0.717, 1.165) is 5.75 Å². The van der Waals surface area contributed by atoms with E-state index in [0.29, 0.717) is 12.0 Å². The van der Waals surface area contributed by atoms with E-state index in [1.807, 2.05) is 13.8 Å². The van der Waals surface area contributed by atoms with Gasteiger partial charge in [0.25, 0.3) is 0 Å². The van der Waals surface area contributed by atoms with Gasteiger partial charge in [-0.25, -0.2) is 0 Å². The van der Waals surface area contributed by atoms with Crippen LogP contribution in [0.25, 0.3) is 0 Å². The van der Waals surface area contributed by atoms with Crippen molar-refractivity contribution in [3.05, 3.63) is 29.3 Å². The Morgan fingerprint density at radius 1 is 1.06 bits per heavy atom. The number of rotatable bonds is 4. The molecule has 1 aliphatic heterocycles. The molecule has 2 atom stereocenters. The summed E-state index contributed by atoms with van der Waals surface area (Å²) in [6.45, 7) is 10.6. The van der Waals surface area contributed by atoms with Crippen LogP contribution in [0.15, 0.2) is 18.2 Å². The van der Waals surface area contributed by atoms with Crippen LogP contribution in [-0.4, -0.2) is 6.10 Å². The molecule has 0 bridgehead atoms. The molecule has 2 rings (SSSR count). The molecule has 0 aromatic heterocycles. The maximum atomic E-state index is 6.09. The van der Waals surface area contributed by atoms with Crippen molar-refractivity contribution >= 4 is 0 Å². The molecular formula is C17H28O. The van der Waals surface area contributed by atoms with Crippen molar-refractivity contribution in [2.75, 3.05) is 0 Å². The van der Waals surface area contributed by atoms with Gasteiger partial charge in [0.15, 0.2) is 0 Å². The van der Waals surface area contributed by atoms with E-state index in [2.05, 4.69) is 39.0 Å². The van der Waals surface area contributed by atoms with E-state index < -0.39 is 0 Å². The summed E-state index contributed by atoms with van der Waals surface area (Å²) in [7, 11) is 0. The van der Waals surface area contributed by atoms with Crippen LogP contribution in [0.3, 0.4) is 0 Å². The molecule has 1 heterocycles. The summed E-state index contributed by atoms with van der Waals surface area (Å²) in [6.07, 6.45) is 5.29. The third-order valence-corrected chi connectivity index (χ3v) is 3.47. The van der Waals surface area contributed by atoms with Gasteiger partial charge < -0.3 is 4.74 Å². The maximum absolute atomic E-state index is 6.09. The van der Waals surface area contributed by atoms with Crippen LogP contribution in [0.2, 0.25) is 0 Å². The Morgan fingerprint density at radius 3 is 2.33 bits per heavy atom. The quantitative estimate of drug-likeness (QED) is 0.687. The van der Waals surface area contributed by atoms with Crippen molar-refractivity contribution in [2.45, 2.75) is 72.3 Å². The van der Waals surface area contributed by atoms with Crippen molar-refractivity contribution in [3.63, 3.8) is 0 Å². The Kier molecular flexibility index (Phi) is 6.24. The predicted molar refractivity (Wildman–Crippen MR) is 79.5 cm³/mol. The van der Waals surface area contributed by atoms with Crippen LogP contribution in [0.4, 0.5) is 0 Å². The third-order valence-electron chi connectivity index (χ3n) is 3.47. The summed E-state index contributed by atoms with van der Waals surface area (Å²) in [4.78, 5) is 0. The maximum Gasteiger partial charge on any atom is 0.123 e. The van der Waals surface area contributed by atoms with Gasteiger partial charge in [0.1, 0.15) is 11.9 Å². The first-order valence-corrected chi connectivity index (χ1v) is 7.53. The summed E-state index contributed by atoms with van der Waals surface area (Å²) >= 11 is 0. The molecule has 0 aliphatic carbocycles. The topological polar surface area (TPSA) is 9.23 Å². The number of aryl methyl sites for hydroxylation is 1. The largest absolute Gasteiger partial charge is 0.489 e. The number of hydrogen-bond acceptors (Lipinski definition) is 1. The zero-order chi connectivity index (χ0) is 13.5. The monoisotopic (exact) mass is 248 g/mol. The predicted octanol–water partition coefficient (Wildman–Crippen LogP) is 5.47. The van der Waals surface area contributed by atoms with Crippen LogP contribution in [0, 0.1) is 6.92 Å². The van der Waals surface area contributed by atoms with Gasteiger partial charge in [-0.1, -0.05) is 52.7 Å². The first-order chi connectivity index (χ1) is 8.76. The van der Waals surface area contributed by atoms with E-state index in [1.54, 1.807) is 0 Å². The van der Waals surface area contributed by atoms with E-state index in [9.17, 15) is 0 Å². The Bertz CT molecular complexity index is 357. The molecule has 0 radical (unpaired) electrons. The molecule has 102 valence electrons. The molecule has 1 heteroatoms. The van der Waals surface area contributed by atoms with Gasteiger partial charge in [0.05, 0.1) is 0 Å². The standard InChI is InChI=1S/C15H22O.C2H6/c1-4-6-12-13-9-8-11(3)10-15(13)16-14(12)7-5-2;1-2/h8-10,12,14H,4-7H2,1-3H3;1-2H3. The summed E-state index contributed by atoms with van der Waals surface area (Å²) in [6, 6.07) is 6.66. The number of hydrogen-bond donors (Lipinski definition) is 0. The smallest absolute Gasteiger partial charge is 0.123 e. The second kappa shape index (κ2) is 7.45. The van der Waals surface area contributed by atoms with Crippen LogP contribution < -0.4 is 4.74 Å². The Morgan fingerprint density at radius 2 is 1.72 bits per heavy atom. The van der Waals surface area contributed by atoms with Gasteiger partial charge in [0, 0.05) is 11.5 Å². The van der Waals surface area contributed by atoms with E-state index >= 15 is 0 Å². The molecule has 0 N–H and O–H groups in total. The van der Waals surface area contributed by atoms with Gasteiger partial charge in [-0.05, 0) is 31.4 Å². The fourth-order valence-electron chi connectivity index (χ4n) is 2.69. The Balaban J connectivity index is 0.000000771. The minimum absolute atomic E-state index is 0.418. The highest BCUT2D eigenvalue weighted by Crippen LogP contribution is 2.42. The number of fused-ring (bicyclic) bond motifs is 1. The summed E-state index contributed by atoms with van der Waals surface area (Å²) in [5.41, 5.74) is 2.73. The molecule has 1 aliphatic rings. The van der Waals surface area contributed by atoms with Crippen molar-refractivity contribution < 1.29 is 4.74 Å². The molecule has 0 fully saturated rings. The highest BCUT2D eigenvalue weighted by atomic mass is 16.5. The summed E-state index contributed by atoms with van der Waals surface area (Å²) in [5, 5.41) is 0. The zero-order valence-electron chi connectivity index (χ0n) is 12.6. The highest BCUT2D eigenvalue weighted by molar-refractivity contribution is 5.43. The fourth-order valence-corrected chi connectivity index (χ4v) is 2.69. The molecular weight excluding hydrogens is 220 g/mol. The minimum Gasteiger partial charge on any atom is -0.489 e. The van der Waals surface area contributed by atoms with E-state index in [-0.39, 0.29) is 0 Å². The first-order valence-electron chi connectivity index (χ1n) is 7.53. The lowest BCUT2D eigenvalue weighted by atomic mass is 9.89. The van der Waals surface area contributed by atoms with Gasteiger partial charge in [-0.3, -0.25) is 0 Å². The molecule has 0 spiro atoms. The van der Waals surface area contributed by atoms with Crippen LogP contribution in [0.1, 0.15) is 70.4 Å². The molecule has 0 saturated carbocycles. The summed E-state index contributed by atoms with van der Waals surface area (Å²) in [5.74, 6) is 1.76. The third kappa shape index (κ3) is 3.28. The fraction of sp³-hybridized carbons (Fsp3) is 0.647. The van der Waals surface area contributed by atoms with Crippen molar-refractivity contribution in [1.82, 2.24) is 0 Å². The Hall–Kier alpha value is -0.980. The Labute approximate surface area is 113 Å². The first kappa shape index (κ1) is 15.1. The van der Waals surface area contributed by atoms with Gasteiger partial charge in [0.2, 0.25) is 0 Å². The van der Waals surface area contributed by atoms with Crippen LogP contribution in [-0.2, 0) is 0 Å². The average Bonchev–Trinajstić information content (AvgIpc) is 2.70. The lowest BCUT2D eigenvalue weighted by molar-refractivity contribution is 0.188. The average molecular weight is 248 g/mol. The van der Waals surface area contributed by atoms with Crippen LogP contribution >= 0.6 is 0 Å². The second-order valence-electron chi connectivity index (χ2n) is 4.88. The molecule has 1 aromatic rings. The molecule has 1 nitrogen and oxygen atoms in total. The van der Waals surface area contributed by atoms with Crippen molar-refractivity contribution in [2.24, 2.45) is 0 Å². The van der Waals surface area contributed by atoms with Crippen LogP contribution in [0.5, 0.6) is 5.75 Å². The van der Waals surface area contributed by atoms with Gasteiger partial charge in [-0.2, -0.15) is 0 Å². The normalized spacial score (nSPS) is 20.7. The molecule has 0 saturated heterocycles. The zero-order valence-corrected chi connectivity index (χ0v) is 12.6. The lowest BCUT2D eigenvalue weighted by Crippen LogP contribution is -2.18. The van der Waals surface area contributed by atoms with E-state index in [1.165, 1.54) is 36.8 Å². The summed E-state index contributed by atoms with van der Waals surface area (Å²) < 4.78 is 6.09. The van der Waals surface area contributed by atoms with E-state index in [4.69, 9.17) is 4.74 Å². The number of benzene rings is 1. The van der Waals surface area contributed by atoms with Crippen molar-refractivity contribution in [1.29, 1.82) is 0 Å². The molecule has 18 heavy (non-hydrogen) atoms. The SMILES string of the molecule is CC.CCCC1Oc2cc(C)ccc2C1CCC. The molecule has 2 unspecified atom stereocenters. The van der Waals surface area contributed by atoms with Gasteiger partial charge in [-0.15, -0.1) is 0 Å². The number of ether oxygens (including phenoxy) is 1. The molecule has 0 amide bonds. The highest BCUT2D eigenvalue weighted by Gasteiger charge is 2.32. The lowest BCUT2D eigenvalue weighted by Gasteiger charge is -2.17. The second-order valence-corrected chi connectivity index (χ2v) is 4.88. The molecule has 1 aromatic carbocycles. The minimum atomic E-state index is 0.418. The van der Waals surface area contributed by atoms with Gasteiger partial charge >= 0.3 is 0 Å². The van der Waals surface area contributed by atoms with Crippen molar-refractivity contribution in [3.8, 4) is 5.75 Å².